The Labute approximate surface area is 98.7 Å². The highest BCUT2D eigenvalue weighted by Gasteiger charge is 2.12. The highest BCUT2D eigenvalue weighted by molar-refractivity contribution is 5.33. The molecule has 0 fully saturated rings. The molecule has 16 heavy (non-hydrogen) atoms. The van der Waals surface area contributed by atoms with Crippen LogP contribution in [0.25, 0.3) is 0 Å². The van der Waals surface area contributed by atoms with E-state index < -0.39 is 0 Å². The molecule has 1 atom stereocenters. The molecule has 0 aromatic heterocycles. The van der Waals surface area contributed by atoms with Gasteiger partial charge in [-0.25, -0.2) is 0 Å². The molecule has 0 saturated carbocycles. The molecule has 0 unspecified atom stereocenters. The van der Waals surface area contributed by atoms with Crippen LogP contribution in [0.2, 0.25) is 0 Å². The maximum atomic E-state index is 9.25. The van der Waals surface area contributed by atoms with Crippen LogP contribution in [0.1, 0.15) is 30.5 Å². The molecule has 1 aromatic carbocycles. The molecule has 1 aromatic rings. The summed E-state index contributed by atoms with van der Waals surface area (Å²) in [6.45, 7) is 9.54. The van der Waals surface area contributed by atoms with Gasteiger partial charge in [0.15, 0.2) is 0 Å². The molecule has 90 valence electrons. The first-order valence-corrected chi connectivity index (χ1v) is 5.95. The molecular weight excluding hydrogens is 198 g/mol. The summed E-state index contributed by atoms with van der Waals surface area (Å²) >= 11 is 0. The van der Waals surface area contributed by atoms with Crippen LogP contribution in [0.5, 0.6) is 0 Å². The number of aliphatic hydroxyl groups excluding tert-OH is 1. The lowest BCUT2D eigenvalue weighted by molar-refractivity contribution is 0.210. The van der Waals surface area contributed by atoms with Crippen LogP contribution in [0.3, 0.4) is 0 Å². The molecular formula is C14H23NO. The third-order valence-corrected chi connectivity index (χ3v) is 3.19. The third kappa shape index (κ3) is 3.32. The van der Waals surface area contributed by atoms with Gasteiger partial charge in [0.05, 0.1) is 6.61 Å². The number of rotatable bonds is 5. The quantitative estimate of drug-likeness (QED) is 0.800. The molecule has 2 nitrogen and oxygen atoms in total. The van der Waals surface area contributed by atoms with Crippen molar-refractivity contribution in [1.82, 2.24) is 5.32 Å². The van der Waals surface area contributed by atoms with Gasteiger partial charge in [0.25, 0.3) is 0 Å². The molecule has 1 rings (SSSR count). The Morgan fingerprint density at radius 3 is 2.19 bits per heavy atom. The van der Waals surface area contributed by atoms with Gasteiger partial charge >= 0.3 is 0 Å². The smallest absolute Gasteiger partial charge is 0.0587 e. The minimum atomic E-state index is 0.180. The molecule has 2 N–H and O–H groups in total. The van der Waals surface area contributed by atoms with Gasteiger partial charge in [0, 0.05) is 12.6 Å². The van der Waals surface area contributed by atoms with Crippen LogP contribution in [-0.4, -0.2) is 17.8 Å². The molecule has 0 aliphatic heterocycles. The molecule has 0 heterocycles. The van der Waals surface area contributed by atoms with E-state index in [0.717, 1.165) is 6.54 Å². The molecule has 0 aliphatic rings. The van der Waals surface area contributed by atoms with E-state index in [1.54, 1.807) is 0 Å². The third-order valence-electron chi connectivity index (χ3n) is 3.19. The van der Waals surface area contributed by atoms with E-state index in [1.807, 2.05) is 0 Å². The van der Waals surface area contributed by atoms with E-state index in [2.05, 4.69) is 51.2 Å². The largest absolute Gasteiger partial charge is 0.395 e. The van der Waals surface area contributed by atoms with Crippen molar-refractivity contribution in [1.29, 1.82) is 0 Å². The van der Waals surface area contributed by atoms with Crippen molar-refractivity contribution in [3.63, 3.8) is 0 Å². The van der Waals surface area contributed by atoms with E-state index >= 15 is 0 Å². The fraction of sp³-hybridized carbons (Fsp3) is 0.571. The van der Waals surface area contributed by atoms with Gasteiger partial charge < -0.3 is 10.4 Å². The first-order chi connectivity index (χ1) is 7.56. The van der Waals surface area contributed by atoms with Crippen LogP contribution in [0.15, 0.2) is 18.2 Å². The Morgan fingerprint density at radius 1 is 1.19 bits per heavy atom. The van der Waals surface area contributed by atoms with Gasteiger partial charge in [-0.3, -0.25) is 0 Å². The van der Waals surface area contributed by atoms with Crippen LogP contribution in [-0.2, 0) is 6.54 Å². The van der Waals surface area contributed by atoms with Crippen molar-refractivity contribution in [3.8, 4) is 0 Å². The lowest BCUT2D eigenvalue weighted by Gasteiger charge is -2.21. The fourth-order valence-electron chi connectivity index (χ4n) is 1.87. The van der Waals surface area contributed by atoms with Gasteiger partial charge in [-0.15, -0.1) is 0 Å². The Kier molecular flexibility index (Phi) is 4.97. The minimum Gasteiger partial charge on any atom is -0.395 e. The number of hydrogen-bond acceptors (Lipinski definition) is 2. The second-order valence-corrected chi connectivity index (χ2v) is 4.78. The standard InChI is InChI=1S/C14H23NO/c1-10(2)14(9-16)15-8-13-11(3)6-5-7-12(13)4/h5-7,10,14-16H,8-9H2,1-4H3/t14-/m1/s1. The zero-order chi connectivity index (χ0) is 12.1. The topological polar surface area (TPSA) is 32.3 Å². The van der Waals surface area contributed by atoms with Crippen molar-refractivity contribution < 1.29 is 5.11 Å². The zero-order valence-electron chi connectivity index (χ0n) is 10.7. The highest BCUT2D eigenvalue weighted by Crippen LogP contribution is 2.13. The average Bonchev–Trinajstić information content (AvgIpc) is 2.22. The molecule has 0 bridgehead atoms. The summed E-state index contributed by atoms with van der Waals surface area (Å²) in [7, 11) is 0. The maximum absolute atomic E-state index is 9.25. The van der Waals surface area contributed by atoms with Crippen molar-refractivity contribution in [2.24, 2.45) is 5.92 Å². The number of hydrogen-bond donors (Lipinski definition) is 2. The SMILES string of the molecule is Cc1cccc(C)c1CN[C@H](CO)C(C)C. The van der Waals surface area contributed by atoms with E-state index in [4.69, 9.17) is 0 Å². The summed E-state index contributed by atoms with van der Waals surface area (Å²) in [6, 6.07) is 6.53. The van der Waals surface area contributed by atoms with E-state index in [0.29, 0.717) is 5.92 Å². The number of aliphatic hydroxyl groups is 1. The normalized spacial score (nSPS) is 13.1. The second-order valence-electron chi connectivity index (χ2n) is 4.78. The minimum absolute atomic E-state index is 0.180. The lowest BCUT2D eigenvalue weighted by atomic mass is 10.0. The summed E-state index contributed by atoms with van der Waals surface area (Å²) in [4.78, 5) is 0. The molecule has 0 saturated heterocycles. The summed E-state index contributed by atoms with van der Waals surface area (Å²) < 4.78 is 0. The molecule has 0 aliphatic carbocycles. The first-order valence-electron chi connectivity index (χ1n) is 5.95. The van der Waals surface area contributed by atoms with Crippen molar-refractivity contribution >= 4 is 0 Å². The van der Waals surface area contributed by atoms with Crippen molar-refractivity contribution in [2.45, 2.75) is 40.3 Å². The Balaban J connectivity index is 2.67. The predicted molar refractivity (Wildman–Crippen MR) is 68.5 cm³/mol. The van der Waals surface area contributed by atoms with Crippen LogP contribution >= 0.6 is 0 Å². The predicted octanol–water partition coefficient (Wildman–Crippen LogP) is 2.41. The number of nitrogens with one attached hydrogen (secondary N) is 1. The van der Waals surface area contributed by atoms with Gasteiger partial charge in [-0.1, -0.05) is 32.0 Å². The molecule has 0 amide bonds. The Morgan fingerprint density at radius 2 is 1.75 bits per heavy atom. The highest BCUT2D eigenvalue weighted by atomic mass is 16.3. The van der Waals surface area contributed by atoms with Crippen LogP contribution in [0, 0.1) is 19.8 Å². The van der Waals surface area contributed by atoms with E-state index in [-0.39, 0.29) is 12.6 Å². The summed E-state index contributed by atoms with van der Waals surface area (Å²) in [5.74, 6) is 0.453. The number of aryl methyl sites for hydroxylation is 2. The van der Waals surface area contributed by atoms with Gasteiger partial charge in [0.1, 0.15) is 0 Å². The molecule has 2 heteroatoms. The average molecular weight is 221 g/mol. The monoisotopic (exact) mass is 221 g/mol. The first kappa shape index (κ1) is 13.2. The van der Waals surface area contributed by atoms with Crippen molar-refractivity contribution in [3.05, 3.63) is 34.9 Å². The molecule has 0 spiro atoms. The van der Waals surface area contributed by atoms with Crippen LogP contribution < -0.4 is 5.32 Å². The van der Waals surface area contributed by atoms with Crippen molar-refractivity contribution in [2.75, 3.05) is 6.61 Å². The number of benzene rings is 1. The fourth-order valence-corrected chi connectivity index (χ4v) is 1.87. The zero-order valence-corrected chi connectivity index (χ0v) is 10.7. The van der Waals surface area contributed by atoms with Gasteiger partial charge in [0.2, 0.25) is 0 Å². The summed E-state index contributed by atoms with van der Waals surface area (Å²) in [5.41, 5.74) is 3.97. The lowest BCUT2D eigenvalue weighted by Crippen LogP contribution is -2.36. The second kappa shape index (κ2) is 6.02. The van der Waals surface area contributed by atoms with E-state index in [1.165, 1.54) is 16.7 Å². The van der Waals surface area contributed by atoms with Gasteiger partial charge in [-0.2, -0.15) is 0 Å². The molecule has 0 radical (unpaired) electrons. The van der Waals surface area contributed by atoms with Gasteiger partial charge in [-0.05, 0) is 36.5 Å². The Hall–Kier alpha value is -0.860. The van der Waals surface area contributed by atoms with E-state index in [9.17, 15) is 5.11 Å². The van der Waals surface area contributed by atoms with Crippen LogP contribution in [0.4, 0.5) is 0 Å². The Bertz CT molecular complexity index is 313. The summed E-state index contributed by atoms with van der Waals surface area (Å²) in [6.07, 6.45) is 0. The maximum Gasteiger partial charge on any atom is 0.0587 e. The summed E-state index contributed by atoms with van der Waals surface area (Å²) in [5, 5.41) is 12.7.